The van der Waals surface area contributed by atoms with E-state index in [1.54, 1.807) is 0 Å². The molecular formula is C14H20O. The van der Waals surface area contributed by atoms with Crippen LogP contribution in [-0.4, -0.2) is 11.2 Å². The molecule has 1 N–H and O–H groups in total. The SMILES string of the molecule is CC(C)c1ccc([C@H]2C[C@@H]2[C@@H](C)O)cc1. The fraction of sp³-hybridized carbons (Fsp3) is 0.571. The standard InChI is InChI=1S/C14H20O/c1-9(2)11-4-6-12(7-5-11)14-8-13(14)10(3)15/h4-7,9-10,13-15H,8H2,1-3H3/t10-,13-,14-/m1/s1. The van der Waals surface area contributed by atoms with Crippen LogP contribution in [0.5, 0.6) is 0 Å². The summed E-state index contributed by atoms with van der Waals surface area (Å²) < 4.78 is 0. The minimum Gasteiger partial charge on any atom is -0.393 e. The molecule has 1 fully saturated rings. The van der Waals surface area contributed by atoms with E-state index >= 15 is 0 Å². The molecule has 0 aromatic heterocycles. The summed E-state index contributed by atoms with van der Waals surface area (Å²) in [5, 5.41) is 9.47. The molecule has 0 amide bonds. The molecule has 0 spiro atoms. The van der Waals surface area contributed by atoms with Crippen molar-refractivity contribution in [2.75, 3.05) is 0 Å². The molecule has 1 aromatic rings. The molecule has 1 saturated carbocycles. The van der Waals surface area contributed by atoms with Crippen LogP contribution in [0.2, 0.25) is 0 Å². The highest BCUT2D eigenvalue weighted by Gasteiger charge is 2.41. The van der Waals surface area contributed by atoms with Crippen LogP contribution in [0.1, 0.15) is 50.2 Å². The first-order chi connectivity index (χ1) is 7.09. The lowest BCUT2D eigenvalue weighted by Gasteiger charge is -2.07. The number of aliphatic hydroxyl groups is 1. The predicted octanol–water partition coefficient (Wildman–Crippen LogP) is 3.29. The molecule has 0 bridgehead atoms. The van der Waals surface area contributed by atoms with Crippen molar-refractivity contribution in [1.29, 1.82) is 0 Å². The van der Waals surface area contributed by atoms with Gasteiger partial charge in [0.15, 0.2) is 0 Å². The summed E-state index contributed by atoms with van der Waals surface area (Å²) in [5.41, 5.74) is 2.79. The van der Waals surface area contributed by atoms with E-state index in [2.05, 4.69) is 38.1 Å². The second-order valence-corrected chi connectivity index (χ2v) is 5.07. The summed E-state index contributed by atoms with van der Waals surface area (Å²) in [5.74, 6) is 1.70. The van der Waals surface area contributed by atoms with Gasteiger partial charge < -0.3 is 5.11 Å². The van der Waals surface area contributed by atoms with E-state index in [1.807, 2.05) is 6.92 Å². The number of benzene rings is 1. The normalized spacial score (nSPS) is 26.7. The Labute approximate surface area is 92.1 Å². The van der Waals surface area contributed by atoms with Gasteiger partial charge in [-0.1, -0.05) is 38.1 Å². The Balaban J connectivity index is 2.06. The largest absolute Gasteiger partial charge is 0.393 e. The fourth-order valence-corrected chi connectivity index (χ4v) is 2.26. The Morgan fingerprint density at radius 1 is 1.13 bits per heavy atom. The first-order valence-electron chi connectivity index (χ1n) is 5.87. The Hall–Kier alpha value is -0.820. The molecule has 1 aromatic carbocycles. The maximum Gasteiger partial charge on any atom is 0.0546 e. The third-order valence-electron chi connectivity index (χ3n) is 3.49. The van der Waals surface area contributed by atoms with Gasteiger partial charge in [0.2, 0.25) is 0 Å². The van der Waals surface area contributed by atoms with Crippen molar-refractivity contribution in [3.63, 3.8) is 0 Å². The molecule has 1 aliphatic carbocycles. The van der Waals surface area contributed by atoms with Crippen molar-refractivity contribution in [3.8, 4) is 0 Å². The van der Waals surface area contributed by atoms with Crippen LogP contribution in [0.3, 0.4) is 0 Å². The first-order valence-corrected chi connectivity index (χ1v) is 5.87. The van der Waals surface area contributed by atoms with Gasteiger partial charge in [0.1, 0.15) is 0 Å². The molecule has 3 atom stereocenters. The van der Waals surface area contributed by atoms with Crippen LogP contribution in [-0.2, 0) is 0 Å². The highest BCUT2D eigenvalue weighted by Crippen LogP contribution is 2.49. The second kappa shape index (κ2) is 3.97. The van der Waals surface area contributed by atoms with E-state index in [1.165, 1.54) is 11.1 Å². The van der Waals surface area contributed by atoms with Crippen molar-refractivity contribution in [3.05, 3.63) is 35.4 Å². The average Bonchev–Trinajstić information content (AvgIpc) is 2.97. The lowest BCUT2D eigenvalue weighted by atomic mass is 9.99. The smallest absolute Gasteiger partial charge is 0.0546 e. The summed E-state index contributed by atoms with van der Waals surface area (Å²) in [6, 6.07) is 8.89. The Kier molecular flexibility index (Phi) is 2.83. The molecule has 82 valence electrons. The zero-order valence-electron chi connectivity index (χ0n) is 9.77. The second-order valence-electron chi connectivity index (χ2n) is 5.07. The van der Waals surface area contributed by atoms with E-state index in [0.717, 1.165) is 6.42 Å². The summed E-state index contributed by atoms with van der Waals surface area (Å²) in [7, 11) is 0. The van der Waals surface area contributed by atoms with Gasteiger partial charge in [-0.2, -0.15) is 0 Å². The van der Waals surface area contributed by atoms with Gasteiger partial charge in [-0.15, -0.1) is 0 Å². The van der Waals surface area contributed by atoms with Gasteiger partial charge >= 0.3 is 0 Å². The highest BCUT2D eigenvalue weighted by atomic mass is 16.3. The van der Waals surface area contributed by atoms with Crippen LogP contribution in [0, 0.1) is 5.92 Å². The predicted molar refractivity (Wildman–Crippen MR) is 63.1 cm³/mol. The molecule has 0 radical (unpaired) electrons. The third kappa shape index (κ3) is 2.23. The van der Waals surface area contributed by atoms with Gasteiger partial charge in [0.05, 0.1) is 6.10 Å². The molecule has 0 saturated heterocycles. The molecule has 0 heterocycles. The maximum atomic E-state index is 9.47. The van der Waals surface area contributed by atoms with Gasteiger partial charge in [0, 0.05) is 0 Å². The van der Waals surface area contributed by atoms with Gasteiger partial charge in [0.25, 0.3) is 0 Å². The molecule has 1 aliphatic rings. The minimum absolute atomic E-state index is 0.153. The number of rotatable bonds is 3. The van der Waals surface area contributed by atoms with E-state index < -0.39 is 0 Å². The molecule has 0 aliphatic heterocycles. The first kappa shape index (κ1) is 10.7. The fourth-order valence-electron chi connectivity index (χ4n) is 2.26. The van der Waals surface area contributed by atoms with Crippen molar-refractivity contribution >= 4 is 0 Å². The van der Waals surface area contributed by atoms with Crippen LogP contribution in [0.25, 0.3) is 0 Å². The van der Waals surface area contributed by atoms with Crippen molar-refractivity contribution in [1.82, 2.24) is 0 Å². The Bertz CT molecular complexity index is 324. The number of hydrogen-bond acceptors (Lipinski definition) is 1. The summed E-state index contributed by atoms with van der Waals surface area (Å²) in [6.07, 6.45) is 0.998. The topological polar surface area (TPSA) is 20.2 Å². The molecule has 1 nitrogen and oxygen atoms in total. The Morgan fingerprint density at radius 3 is 2.13 bits per heavy atom. The third-order valence-corrected chi connectivity index (χ3v) is 3.49. The van der Waals surface area contributed by atoms with E-state index in [4.69, 9.17) is 0 Å². The average molecular weight is 204 g/mol. The zero-order chi connectivity index (χ0) is 11.0. The minimum atomic E-state index is -0.153. The van der Waals surface area contributed by atoms with Crippen molar-refractivity contribution in [2.24, 2.45) is 5.92 Å². The molecule has 1 heteroatoms. The zero-order valence-corrected chi connectivity index (χ0v) is 9.77. The Morgan fingerprint density at radius 2 is 1.73 bits per heavy atom. The molecule has 2 rings (SSSR count). The lowest BCUT2D eigenvalue weighted by molar-refractivity contribution is 0.169. The number of aliphatic hydroxyl groups excluding tert-OH is 1. The van der Waals surface area contributed by atoms with Crippen LogP contribution < -0.4 is 0 Å². The molecule has 15 heavy (non-hydrogen) atoms. The van der Waals surface area contributed by atoms with Crippen LogP contribution in [0.15, 0.2) is 24.3 Å². The highest BCUT2D eigenvalue weighted by molar-refractivity contribution is 5.31. The molecule has 0 unspecified atom stereocenters. The van der Waals surface area contributed by atoms with Gasteiger partial charge in [-0.25, -0.2) is 0 Å². The van der Waals surface area contributed by atoms with Crippen LogP contribution >= 0.6 is 0 Å². The van der Waals surface area contributed by atoms with Crippen molar-refractivity contribution < 1.29 is 5.11 Å². The monoisotopic (exact) mass is 204 g/mol. The summed E-state index contributed by atoms with van der Waals surface area (Å²) in [4.78, 5) is 0. The van der Waals surface area contributed by atoms with Crippen molar-refractivity contribution in [2.45, 2.75) is 45.1 Å². The van der Waals surface area contributed by atoms with Crippen LogP contribution in [0.4, 0.5) is 0 Å². The maximum absolute atomic E-state index is 9.47. The quantitative estimate of drug-likeness (QED) is 0.801. The van der Waals surface area contributed by atoms with Gasteiger partial charge in [-0.05, 0) is 42.2 Å². The lowest BCUT2D eigenvalue weighted by Crippen LogP contribution is -2.03. The van der Waals surface area contributed by atoms with E-state index in [9.17, 15) is 5.11 Å². The molecular weight excluding hydrogens is 184 g/mol. The van der Waals surface area contributed by atoms with E-state index in [0.29, 0.717) is 17.8 Å². The summed E-state index contributed by atoms with van der Waals surface area (Å²) in [6.45, 7) is 6.32. The van der Waals surface area contributed by atoms with E-state index in [-0.39, 0.29) is 6.10 Å². The van der Waals surface area contributed by atoms with Gasteiger partial charge in [-0.3, -0.25) is 0 Å². The summed E-state index contributed by atoms with van der Waals surface area (Å²) >= 11 is 0. The number of hydrogen-bond donors (Lipinski definition) is 1.